The minimum absolute atomic E-state index is 0.331. The average molecular weight is 441 g/mol. The van der Waals surface area contributed by atoms with Gasteiger partial charge in [0.15, 0.2) is 0 Å². The highest BCUT2D eigenvalue weighted by atomic mass is 35.9. The van der Waals surface area contributed by atoms with Gasteiger partial charge in [0.25, 0.3) is 11.8 Å². The number of nitrogens with one attached hydrogen (secondary N) is 1. The van der Waals surface area contributed by atoms with Crippen LogP contribution in [-0.2, 0) is 0 Å². The molecule has 2 heterocycles. The summed E-state index contributed by atoms with van der Waals surface area (Å²) >= 11 is 25.2. The first-order valence-electron chi connectivity index (χ1n) is 6.86. The van der Waals surface area contributed by atoms with Gasteiger partial charge in [-0.15, -0.1) is 0 Å². The van der Waals surface area contributed by atoms with Gasteiger partial charge in [0, 0.05) is 25.6 Å². The van der Waals surface area contributed by atoms with Crippen LogP contribution in [0, 0.1) is 5.92 Å². The maximum Gasteiger partial charge on any atom is 0.257 e. The van der Waals surface area contributed by atoms with E-state index in [1.165, 1.54) is 0 Å². The number of hydrogen-bond donors (Lipinski definition) is 1. The Morgan fingerprint density at radius 2 is 1.68 bits per heavy atom. The van der Waals surface area contributed by atoms with Crippen LogP contribution in [-0.4, -0.2) is 24.3 Å². The lowest BCUT2D eigenvalue weighted by Crippen LogP contribution is -2.29. The van der Waals surface area contributed by atoms with E-state index in [2.05, 4.69) is 35.5 Å². The largest absolute Gasteiger partial charge is 0.257 e. The highest BCUT2D eigenvalue weighted by Gasteiger charge is 2.39. The van der Waals surface area contributed by atoms with Gasteiger partial charge in [-0.2, -0.15) is 13.5 Å². The van der Waals surface area contributed by atoms with Gasteiger partial charge in [-0.25, -0.2) is 4.67 Å². The van der Waals surface area contributed by atoms with Gasteiger partial charge < -0.3 is 0 Å². The van der Waals surface area contributed by atoms with Crippen LogP contribution in [0.25, 0.3) is 0 Å². The minimum Gasteiger partial charge on any atom is -0.253 e. The Morgan fingerprint density at radius 1 is 1.00 bits per heavy atom. The molecular weight excluding hydrogens is 425 g/mol. The van der Waals surface area contributed by atoms with Gasteiger partial charge in [-0.3, -0.25) is 5.09 Å². The van der Waals surface area contributed by atoms with E-state index in [1.54, 1.807) is 0 Å². The Kier molecular flexibility index (Phi) is 5.64. The van der Waals surface area contributed by atoms with Gasteiger partial charge in [-0.05, 0) is 57.8 Å². The summed E-state index contributed by atoms with van der Waals surface area (Å²) in [6, 6.07) is 0. The van der Waals surface area contributed by atoms with E-state index < -0.39 is 19.3 Å². The molecule has 1 saturated heterocycles. The van der Waals surface area contributed by atoms with E-state index in [9.17, 15) is 0 Å². The molecule has 0 aromatic rings. The van der Waals surface area contributed by atoms with Crippen molar-refractivity contribution in [2.24, 2.45) is 19.5 Å². The second kappa shape index (κ2) is 6.87. The quantitative estimate of drug-likeness (QED) is 0.460. The van der Waals surface area contributed by atoms with Crippen molar-refractivity contribution in [3.05, 3.63) is 24.3 Å². The van der Waals surface area contributed by atoms with Crippen LogP contribution in [0.1, 0.15) is 12.8 Å². The SMILES string of the molecule is ClP1(Cl)=NP(Cl)(Cl)=NP2(=N1)NCCCCN2CC1C=CC=C1. The molecule has 0 amide bonds. The summed E-state index contributed by atoms with van der Waals surface area (Å²) < 4.78 is 15.6. The normalized spacial score (nSPS) is 34.0. The van der Waals surface area contributed by atoms with Crippen molar-refractivity contribution in [1.29, 1.82) is 0 Å². The fraction of sp³-hybridized carbons (Fsp3) is 0.600. The number of halogens is 4. The number of hydrogen-bond acceptors (Lipinski definition) is 5. The molecule has 5 nitrogen and oxygen atoms in total. The monoisotopic (exact) mass is 439 g/mol. The van der Waals surface area contributed by atoms with E-state index in [4.69, 9.17) is 45.0 Å². The van der Waals surface area contributed by atoms with E-state index in [0.29, 0.717) is 5.92 Å². The molecule has 1 unspecified atom stereocenters. The minimum atomic E-state index is -2.90. The molecule has 0 radical (unpaired) electrons. The van der Waals surface area contributed by atoms with Crippen LogP contribution in [0.15, 0.2) is 37.9 Å². The fourth-order valence-electron chi connectivity index (χ4n) is 2.60. The second-order valence-electron chi connectivity index (χ2n) is 5.21. The third-order valence-electron chi connectivity index (χ3n) is 3.49. The summed E-state index contributed by atoms with van der Waals surface area (Å²) in [7, 11) is -2.49. The molecule has 2 aliphatic heterocycles. The molecule has 22 heavy (non-hydrogen) atoms. The van der Waals surface area contributed by atoms with Gasteiger partial charge in [0.2, 0.25) is 7.51 Å². The second-order valence-corrected chi connectivity index (χ2v) is 17.9. The lowest BCUT2D eigenvalue weighted by Gasteiger charge is -2.35. The lowest BCUT2D eigenvalue weighted by molar-refractivity contribution is 0.423. The Bertz CT molecular complexity index is 657. The van der Waals surface area contributed by atoms with Crippen molar-refractivity contribution >= 4 is 64.3 Å². The molecule has 0 saturated carbocycles. The Labute approximate surface area is 150 Å². The van der Waals surface area contributed by atoms with Crippen LogP contribution in [0.2, 0.25) is 0 Å². The molecular formula is C10H16Cl4N5P3. The fourth-order valence-corrected chi connectivity index (χ4v) is 18.5. The summed E-state index contributed by atoms with van der Waals surface area (Å²) in [6.45, 7) is 2.46. The smallest absolute Gasteiger partial charge is 0.253 e. The van der Waals surface area contributed by atoms with Crippen LogP contribution < -0.4 is 5.09 Å². The first kappa shape index (κ1) is 18.1. The summed E-state index contributed by atoms with van der Waals surface area (Å²) in [6.07, 6.45) is 10.5. The van der Waals surface area contributed by atoms with Crippen molar-refractivity contribution < 1.29 is 0 Å². The van der Waals surface area contributed by atoms with Crippen molar-refractivity contribution in [2.45, 2.75) is 12.8 Å². The molecule has 1 fully saturated rings. The number of allylic oxidation sites excluding steroid dienone is 2. The molecule has 1 N–H and O–H groups in total. The van der Waals surface area contributed by atoms with E-state index in [-0.39, 0.29) is 0 Å². The zero-order valence-electron chi connectivity index (χ0n) is 11.6. The first-order valence-corrected chi connectivity index (χ1v) is 15.5. The van der Waals surface area contributed by atoms with Gasteiger partial charge >= 0.3 is 0 Å². The zero-order valence-corrected chi connectivity index (χ0v) is 17.3. The third kappa shape index (κ3) is 4.26. The van der Waals surface area contributed by atoms with Crippen LogP contribution in [0.4, 0.5) is 0 Å². The molecule has 1 atom stereocenters. The van der Waals surface area contributed by atoms with E-state index in [1.807, 2.05) is 12.2 Å². The predicted molar refractivity (Wildman–Crippen MR) is 102 cm³/mol. The molecule has 124 valence electrons. The summed E-state index contributed by atoms with van der Waals surface area (Å²) in [5.41, 5.74) is 0. The molecule has 3 rings (SSSR count). The molecule has 3 aliphatic rings. The number of rotatable bonds is 2. The molecule has 0 bridgehead atoms. The Morgan fingerprint density at radius 3 is 2.36 bits per heavy atom. The standard InChI is InChI=1S/C10H16Cl4N5P3/c11-20(12)16-21(13,14)18-22(17-20)15-7-3-4-8-19(22)9-10-5-1-2-6-10/h1-2,5-6,10,15H,3-4,7-9H2. The lowest BCUT2D eigenvalue weighted by atomic mass is 10.2. The van der Waals surface area contributed by atoms with Crippen molar-refractivity contribution in [3.63, 3.8) is 0 Å². The Balaban J connectivity index is 2.05. The van der Waals surface area contributed by atoms with Crippen LogP contribution >= 0.6 is 64.3 Å². The highest BCUT2D eigenvalue weighted by molar-refractivity contribution is 8.20. The molecule has 0 aromatic carbocycles. The van der Waals surface area contributed by atoms with Crippen molar-refractivity contribution in [1.82, 2.24) is 9.76 Å². The molecule has 1 spiro atoms. The molecule has 12 heteroatoms. The molecule has 0 aromatic heterocycles. The van der Waals surface area contributed by atoms with E-state index in [0.717, 1.165) is 32.5 Å². The predicted octanol–water partition coefficient (Wildman–Crippen LogP) is 7.22. The third-order valence-corrected chi connectivity index (χ3v) is 15.6. The van der Waals surface area contributed by atoms with Crippen molar-refractivity contribution in [2.75, 3.05) is 19.6 Å². The van der Waals surface area contributed by atoms with Crippen LogP contribution in [0.3, 0.4) is 0 Å². The van der Waals surface area contributed by atoms with E-state index >= 15 is 0 Å². The maximum atomic E-state index is 6.29. The zero-order chi connectivity index (χ0) is 15.8. The summed E-state index contributed by atoms with van der Waals surface area (Å²) in [5.74, 6) is -5.46. The maximum absolute atomic E-state index is 6.29. The average Bonchev–Trinajstić information content (AvgIpc) is 2.79. The highest BCUT2D eigenvalue weighted by Crippen LogP contribution is 2.85. The number of nitrogens with zero attached hydrogens (tertiary/aromatic N) is 4. The topological polar surface area (TPSA) is 52.4 Å². The van der Waals surface area contributed by atoms with Gasteiger partial charge in [-0.1, -0.05) is 24.3 Å². The van der Waals surface area contributed by atoms with Gasteiger partial charge in [0.1, 0.15) is 0 Å². The summed E-state index contributed by atoms with van der Waals surface area (Å²) in [4.78, 5) is 0. The first-order chi connectivity index (χ1) is 10.3. The van der Waals surface area contributed by atoms with Gasteiger partial charge in [0.05, 0.1) is 0 Å². The Hall–Kier alpha value is 1.25. The summed E-state index contributed by atoms with van der Waals surface area (Å²) in [5, 5.41) is 3.45. The van der Waals surface area contributed by atoms with Crippen molar-refractivity contribution in [3.8, 4) is 0 Å². The van der Waals surface area contributed by atoms with Crippen LogP contribution in [0.5, 0.6) is 0 Å². The molecule has 1 aliphatic carbocycles.